The zero-order valence-electron chi connectivity index (χ0n) is 18.5. The van der Waals surface area contributed by atoms with Crippen molar-refractivity contribution in [2.75, 3.05) is 46.3 Å². The molecular formula is C23H32N4O3S. The number of carbonyl (C=O) groups is 1. The standard InChI is InChI=1S/C23H32N4O3S/c1-18-15-21(16-22(19(18)2)31(29,30)24-3)23(28)25-9-10-26-11-13-27(14-12-26)17-20-7-5-4-6-8-20/h4-8,15-16,24H,9-14,17H2,1-3H3,(H,25,28). The largest absolute Gasteiger partial charge is 0.351 e. The molecule has 0 aromatic heterocycles. The first-order valence-corrected chi connectivity index (χ1v) is 12.1. The van der Waals surface area contributed by atoms with Gasteiger partial charge in [0.25, 0.3) is 5.91 Å². The molecule has 1 amide bonds. The molecular weight excluding hydrogens is 412 g/mol. The quantitative estimate of drug-likeness (QED) is 0.649. The van der Waals surface area contributed by atoms with Crippen molar-refractivity contribution in [2.24, 2.45) is 0 Å². The number of hydrogen-bond donors (Lipinski definition) is 2. The Hall–Kier alpha value is -2.26. The molecule has 2 aromatic rings. The molecule has 0 unspecified atom stereocenters. The van der Waals surface area contributed by atoms with E-state index in [1.54, 1.807) is 13.0 Å². The summed E-state index contributed by atoms with van der Waals surface area (Å²) in [7, 11) is -2.24. The number of amides is 1. The van der Waals surface area contributed by atoms with E-state index in [0.717, 1.165) is 44.8 Å². The lowest BCUT2D eigenvalue weighted by Crippen LogP contribution is -2.48. The Morgan fingerprint density at radius 3 is 2.29 bits per heavy atom. The van der Waals surface area contributed by atoms with E-state index >= 15 is 0 Å². The van der Waals surface area contributed by atoms with Crippen molar-refractivity contribution < 1.29 is 13.2 Å². The summed E-state index contributed by atoms with van der Waals surface area (Å²) in [5.74, 6) is -0.252. The van der Waals surface area contributed by atoms with Gasteiger partial charge in [0.15, 0.2) is 0 Å². The highest BCUT2D eigenvalue weighted by Gasteiger charge is 2.20. The smallest absolute Gasteiger partial charge is 0.251 e. The number of nitrogens with zero attached hydrogens (tertiary/aromatic N) is 2. The maximum Gasteiger partial charge on any atom is 0.251 e. The van der Waals surface area contributed by atoms with E-state index in [1.165, 1.54) is 18.7 Å². The van der Waals surface area contributed by atoms with Gasteiger partial charge in [0.05, 0.1) is 4.90 Å². The highest BCUT2D eigenvalue weighted by molar-refractivity contribution is 7.89. The van der Waals surface area contributed by atoms with E-state index in [4.69, 9.17) is 0 Å². The van der Waals surface area contributed by atoms with E-state index in [0.29, 0.717) is 17.7 Å². The number of rotatable bonds is 8. The lowest BCUT2D eigenvalue weighted by Gasteiger charge is -2.34. The summed E-state index contributed by atoms with van der Waals surface area (Å²) in [5.41, 5.74) is 3.12. The topological polar surface area (TPSA) is 81.7 Å². The van der Waals surface area contributed by atoms with Crippen molar-refractivity contribution in [1.29, 1.82) is 0 Å². The molecule has 1 aliphatic rings. The van der Waals surface area contributed by atoms with Crippen LogP contribution in [0.4, 0.5) is 0 Å². The number of carbonyl (C=O) groups excluding carboxylic acids is 1. The van der Waals surface area contributed by atoms with Gasteiger partial charge >= 0.3 is 0 Å². The van der Waals surface area contributed by atoms with Crippen molar-refractivity contribution in [2.45, 2.75) is 25.3 Å². The molecule has 8 heteroatoms. The predicted molar refractivity (Wildman–Crippen MR) is 123 cm³/mol. The van der Waals surface area contributed by atoms with Crippen LogP contribution in [0.5, 0.6) is 0 Å². The first-order valence-electron chi connectivity index (χ1n) is 10.6. The maximum atomic E-state index is 12.6. The van der Waals surface area contributed by atoms with Crippen LogP contribution in [0, 0.1) is 13.8 Å². The zero-order valence-corrected chi connectivity index (χ0v) is 19.3. The Morgan fingerprint density at radius 2 is 1.65 bits per heavy atom. The van der Waals surface area contributed by atoms with E-state index < -0.39 is 10.0 Å². The number of nitrogens with one attached hydrogen (secondary N) is 2. The third-order valence-electron chi connectivity index (χ3n) is 5.87. The molecule has 2 aromatic carbocycles. The van der Waals surface area contributed by atoms with Crippen LogP contribution < -0.4 is 10.0 Å². The number of benzene rings is 2. The number of piperazine rings is 1. The summed E-state index contributed by atoms with van der Waals surface area (Å²) in [4.78, 5) is 17.6. The average molecular weight is 445 g/mol. The molecule has 1 aliphatic heterocycles. The molecule has 0 radical (unpaired) electrons. The van der Waals surface area contributed by atoms with Crippen molar-refractivity contribution in [3.63, 3.8) is 0 Å². The van der Waals surface area contributed by atoms with Crippen LogP contribution in [0.2, 0.25) is 0 Å². The second-order valence-corrected chi connectivity index (χ2v) is 9.84. The number of hydrogen-bond acceptors (Lipinski definition) is 5. The fraction of sp³-hybridized carbons (Fsp3) is 0.435. The first-order chi connectivity index (χ1) is 14.8. The van der Waals surface area contributed by atoms with Crippen LogP contribution in [0.15, 0.2) is 47.4 Å². The maximum absolute atomic E-state index is 12.6. The summed E-state index contributed by atoms with van der Waals surface area (Å²) in [6, 6.07) is 13.7. The number of aryl methyl sites for hydroxylation is 1. The molecule has 0 bridgehead atoms. The highest BCUT2D eigenvalue weighted by atomic mass is 32.2. The van der Waals surface area contributed by atoms with Gasteiger partial charge in [0.1, 0.15) is 0 Å². The molecule has 2 N–H and O–H groups in total. The minimum absolute atomic E-state index is 0.148. The Morgan fingerprint density at radius 1 is 1.00 bits per heavy atom. The Kier molecular flexibility index (Phi) is 7.83. The molecule has 168 valence electrons. The zero-order chi connectivity index (χ0) is 22.4. The minimum atomic E-state index is -3.62. The van der Waals surface area contributed by atoms with Gasteiger partial charge in [0.2, 0.25) is 10.0 Å². The van der Waals surface area contributed by atoms with Gasteiger partial charge in [-0.15, -0.1) is 0 Å². The molecule has 1 saturated heterocycles. The van der Waals surface area contributed by atoms with E-state index in [-0.39, 0.29) is 10.8 Å². The molecule has 0 spiro atoms. The van der Waals surface area contributed by atoms with Crippen LogP contribution in [-0.2, 0) is 16.6 Å². The normalized spacial score (nSPS) is 15.7. The van der Waals surface area contributed by atoms with Crippen LogP contribution in [-0.4, -0.2) is 70.4 Å². The SMILES string of the molecule is CNS(=O)(=O)c1cc(C(=O)NCCN2CCN(Cc3ccccc3)CC2)cc(C)c1C. The fourth-order valence-electron chi connectivity index (χ4n) is 3.79. The first kappa shape index (κ1) is 23.4. The highest BCUT2D eigenvalue weighted by Crippen LogP contribution is 2.21. The Labute approximate surface area is 185 Å². The molecule has 31 heavy (non-hydrogen) atoms. The summed E-state index contributed by atoms with van der Waals surface area (Å²) in [6.07, 6.45) is 0. The van der Waals surface area contributed by atoms with Crippen LogP contribution in [0.1, 0.15) is 27.0 Å². The van der Waals surface area contributed by atoms with Crippen molar-refractivity contribution >= 4 is 15.9 Å². The lowest BCUT2D eigenvalue weighted by molar-refractivity contribution is 0.0934. The molecule has 7 nitrogen and oxygen atoms in total. The predicted octanol–water partition coefficient (Wildman–Crippen LogP) is 1.76. The van der Waals surface area contributed by atoms with E-state index in [1.807, 2.05) is 13.0 Å². The minimum Gasteiger partial charge on any atom is -0.351 e. The van der Waals surface area contributed by atoms with Gasteiger partial charge in [-0.2, -0.15) is 0 Å². The lowest BCUT2D eigenvalue weighted by atomic mass is 10.1. The fourth-order valence-corrected chi connectivity index (χ4v) is 4.86. The van der Waals surface area contributed by atoms with E-state index in [2.05, 4.69) is 44.1 Å². The molecule has 3 rings (SSSR count). The molecule has 0 atom stereocenters. The van der Waals surface area contributed by atoms with Crippen LogP contribution in [0.3, 0.4) is 0 Å². The van der Waals surface area contributed by atoms with Crippen molar-refractivity contribution in [3.05, 3.63) is 64.7 Å². The summed E-state index contributed by atoms with van der Waals surface area (Å²) in [6.45, 7) is 9.78. The summed E-state index contributed by atoms with van der Waals surface area (Å²) < 4.78 is 26.8. The Balaban J connectivity index is 1.49. The van der Waals surface area contributed by atoms with Crippen LogP contribution >= 0.6 is 0 Å². The van der Waals surface area contributed by atoms with Crippen molar-refractivity contribution in [3.8, 4) is 0 Å². The molecule has 1 fully saturated rings. The Bertz CT molecular complexity index is 1000. The van der Waals surface area contributed by atoms with Gasteiger partial charge in [0, 0.05) is 51.4 Å². The van der Waals surface area contributed by atoms with E-state index in [9.17, 15) is 13.2 Å². The molecule has 0 aliphatic carbocycles. The van der Waals surface area contributed by atoms with Crippen LogP contribution in [0.25, 0.3) is 0 Å². The molecule has 0 saturated carbocycles. The monoisotopic (exact) mass is 444 g/mol. The van der Waals surface area contributed by atoms with Gasteiger partial charge in [-0.3, -0.25) is 14.6 Å². The average Bonchev–Trinajstić information content (AvgIpc) is 2.77. The summed E-state index contributed by atoms with van der Waals surface area (Å²) >= 11 is 0. The second kappa shape index (κ2) is 10.4. The summed E-state index contributed by atoms with van der Waals surface area (Å²) in [5, 5.41) is 2.93. The number of sulfonamides is 1. The van der Waals surface area contributed by atoms with Gasteiger partial charge < -0.3 is 5.32 Å². The molecule has 1 heterocycles. The third kappa shape index (κ3) is 6.13. The van der Waals surface area contributed by atoms with Gasteiger partial charge in [-0.1, -0.05) is 30.3 Å². The van der Waals surface area contributed by atoms with Crippen molar-refractivity contribution in [1.82, 2.24) is 19.8 Å². The van der Waals surface area contributed by atoms with Gasteiger partial charge in [-0.05, 0) is 49.7 Å². The van der Waals surface area contributed by atoms with Gasteiger partial charge in [-0.25, -0.2) is 13.1 Å². The third-order valence-corrected chi connectivity index (χ3v) is 7.41. The second-order valence-electron chi connectivity index (χ2n) is 7.98.